The van der Waals surface area contributed by atoms with E-state index in [0.717, 1.165) is 48.9 Å². The molecule has 1 aliphatic carbocycles. The molecule has 0 heterocycles. The molecule has 0 N–H and O–H groups in total. The van der Waals surface area contributed by atoms with Gasteiger partial charge in [0.1, 0.15) is 0 Å². The standard InChI is InChI=1S/C42H57O9Si.3ClH.Ti/c1-20-21(2)23(4)39(22(20)3)52(40-27(8)30(43-11)24(5)33(46-14)36(40)49-17,41-28(9)31(44-12)25(6)34(47-15)37(41)50-18)42-29(10)32(45-13)26(7)35(48-16)38(42)51-19;;;;/h1-19H3;3*1H;/q;;;;+3/p-3. The quantitative estimate of drug-likeness (QED) is 0.144. The molecule has 308 valence electrons. The van der Waals surface area contributed by atoms with Gasteiger partial charge in [0.25, 0.3) is 0 Å². The molecule has 0 aliphatic heterocycles. The number of halogens is 3. The minimum absolute atomic E-state index is 0. The predicted octanol–water partition coefficient (Wildman–Crippen LogP) is -1.97. The van der Waals surface area contributed by atoms with E-state index in [2.05, 4.69) is 68.9 Å². The average Bonchev–Trinajstić information content (AvgIpc) is 3.29. The van der Waals surface area contributed by atoms with Crippen molar-refractivity contribution in [3.63, 3.8) is 0 Å². The molecule has 0 fully saturated rings. The van der Waals surface area contributed by atoms with Crippen LogP contribution in [0.15, 0.2) is 22.3 Å². The summed E-state index contributed by atoms with van der Waals surface area (Å²) in [6.45, 7) is 21.2. The van der Waals surface area contributed by atoms with Crippen LogP contribution < -0.4 is 95.4 Å². The third kappa shape index (κ3) is 6.74. The summed E-state index contributed by atoms with van der Waals surface area (Å²) in [7, 11) is 11.2. The summed E-state index contributed by atoms with van der Waals surface area (Å²) >= 11 is 2.36. The number of rotatable bonds is 13. The van der Waals surface area contributed by atoms with Crippen molar-refractivity contribution in [2.75, 3.05) is 64.0 Å². The molecule has 56 heavy (non-hydrogen) atoms. The molecule has 9 nitrogen and oxygen atoms in total. The van der Waals surface area contributed by atoms with E-state index in [9.17, 15) is 0 Å². The minimum Gasteiger partial charge on any atom is -1.00 e. The molecule has 3 aromatic carbocycles. The molecule has 0 aromatic heterocycles. The summed E-state index contributed by atoms with van der Waals surface area (Å²) in [6.07, 6.45) is 0. The van der Waals surface area contributed by atoms with Crippen LogP contribution in [-0.2, 0) is 20.4 Å². The van der Waals surface area contributed by atoms with E-state index >= 15 is 0 Å². The molecule has 0 saturated heterocycles. The van der Waals surface area contributed by atoms with Crippen LogP contribution in [0.3, 0.4) is 0 Å². The molecule has 0 bridgehead atoms. The van der Waals surface area contributed by atoms with Crippen LogP contribution in [0, 0.1) is 41.5 Å². The summed E-state index contributed by atoms with van der Waals surface area (Å²) in [6, 6.07) is 0. The van der Waals surface area contributed by atoms with Crippen molar-refractivity contribution < 1.29 is 100 Å². The summed E-state index contributed by atoms with van der Waals surface area (Å²) in [5.41, 5.74) is 10.0. The van der Waals surface area contributed by atoms with Gasteiger partial charge >= 0.3 is 331 Å². The maximum atomic E-state index is 6.62. The molecule has 0 unspecified atom stereocenters. The maximum absolute atomic E-state index is 6.62. The van der Waals surface area contributed by atoms with Crippen LogP contribution >= 0.6 is 0 Å². The van der Waals surface area contributed by atoms with Gasteiger partial charge in [-0.15, -0.1) is 0 Å². The first kappa shape index (κ1) is 51.2. The zero-order valence-corrected chi connectivity index (χ0v) is 41.1. The number of hydrogen-bond acceptors (Lipinski definition) is 9. The minimum atomic E-state index is -3.98. The second-order valence-corrected chi connectivity index (χ2v) is 19.4. The van der Waals surface area contributed by atoms with Crippen LogP contribution in [-0.4, -0.2) is 72.1 Å². The average molecular weight is 888 g/mol. The topological polar surface area (TPSA) is 83.1 Å². The Morgan fingerprint density at radius 1 is 0.321 bits per heavy atom. The largest absolute Gasteiger partial charge is 1.00 e. The van der Waals surface area contributed by atoms with Crippen molar-refractivity contribution in [3.05, 3.63) is 55.7 Å². The molecule has 1 aliphatic rings. The zero-order chi connectivity index (χ0) is 40.1. The summed E-state index contributed by atoms with van der Waals surface area (Å²) in [4.78, 5) is 0. The van der Waals surface area contributed by atoms with Crippen molar-refractivity contribution >= 4 is 23.6 Å². The fraction of sp³-hybridized carbons (Fsp3) is 0.476. The number of benzene rings is 3. The van der Waals surface area contributed by atoms with Crippen LogP contribution in [0.2, 0.25) is 3.34 Å². The van der Waals surface area contributed by atoms with Crippen LogP contribution in [0.5, 0.6) is 51.7 Å². The van der Waals surface area contributed by atoms with Gasteiger partial charge in [0.05, 0.1) is 0 Å². The molecule has 0 atom stereocenters. The van der Waals surface area contributed by atoms with Gasteiger partial charge in [0, 0.05) is 0 Å². The fourth-order valence-corrected chi connectivity index (χ4v) is 18.8. The van der Waals surface area contributed by atoms with Crippen molar-refractivity contribution in [1.82, 2.24) is 0 Å². The van der Waals surface area contributed by atoms with Crippen LogP contribution in [0.1, 0.15) is 61.1 Å². The van der Waals surface area contributed by atoms with Gasteiger partial charge < -0.3 is 37.2 Å². The monoisotopic (exact) mass is 886 g/mol. The van der Waals surface area contributed by atoms with E-state index in [-0.39, 0.29) is 37.2 Å². The van der Waals surface area contributed by atoms with Gasteiger partial charge in [-0.3, -0.25) is 0 Å². The van der Waals surface area contributed by atoms with E-state index in [1.54, 1.807) is 64.0 Å². The number of ether oxygens (including phenoxy) is 9. The Hall–Kier alpha value is -2.86. The number of allylic oxidation sites excluding steroid dienone is 4. The molecule has 0 amide bonds. The Bertz CT molecular complexity index is 1840. The number of methoxy groups -OCH3 is 9. The van der Waals surface area contributed by atoms with E-state index in [4.69, 9.17) is 42.6 Å². The van der Waals surface area contributed by atoms with Gasteiger partial charge in [-0.05, 0) is 0 Å². The molecule has 0 radical (unpaired) electrons. The van der Waals surface area contributed by atoms with Gasteiger partial charge in [-0.2, -0.15) is 0 Å². The predicted molar refractivity (Wildman–Crippen MR) is 211 cm³/mol. The molecule has 3 aromatic rings. The van der Waals surface area contributed by atoms with E-state index in [1.807, 2.05) is 20.8 Å². The van der Waals surface area contributed by atoms with Crippen molar-refractivity contribution in [3.8, 4) is 51.7 Å². The Morgan fingerprint density at radius 2 is 0.518 bits per heavy atom. The number of hydrogen-bond donors (Lipinski definition) is 0. The summed E-state index contributed by atoms with van der Waals surface area (Å²) in [5.74, 6) is 5.59. The second-order valence-electron chi connectivity index (χ2n) is 13.7. The van der Waals surface area contributed by atoms with Gasteiger partial charge in [-0.25, -0.2) is 0 Å². The van der Waals surface area contributed by atoms with Gasteiger partial charge in [0.2, 0.25) is 0 Å². The fourth-order valence-electron chi connectivity index (χ4n) is 9.36. The smallest absolute Gasteiger partial charge is 1.00 e. The molecule has 0 spiro atoms. The molecule has 4 rings (SSSR count). The normalized spacial score (nSPS) is 13.3. The Morgan fingerprint density at radius 3 is 0.696 bits per heavy atom. The third-order valence-corrected chi connectivity index (χ3v) is 20.7. The molecule has 0 saturated carbocycles. The summed E-state index contributed by atoms with van der Waals surface area (Å²) in [5, 5.41) is 2.77. The van der Waals surface area contributed by atoms with Gasteiger partial charge in [0.15, 0.2) is 0 Å². The zero-order valence-electron chi connectivity index (χ0n) is 36.3. The summed E-state index contributed by atoms with van der Waals surface area (Å²) < 4.78 is 56.9. The van der Waals surface area contributed by atoms with Crippen LogP contribution in [0.25, 0.3) is 0 Å². The van der Waals surface area contributed by atoms with Gasteiger partial charge in [-0.1, -0.05) is 0 Å². The maximum Gasteiger partial charge on any atom is -1.00 e. The Balaban J connectivity index is 0.00000523. The van der Waals surface area contributed by atoms with Crippen molar-refractivity contribution in [1.29, 1.82) is 0 Å². The Kier molecular flexibility index (Phi) is 17.6. The molecule has 14 heteroatoms. The van der Waals surface area contributed by atoms with E-state index < -0.39 is 11.4 Å². The Labute approximate surface area is 365 Å². The first-order valence-electron chi connectivity index (χ1n) is 17.5. The van der Waals surface area contributed by atoms with E-state index in [0.29, 0.717) is 51.7 Å². The molecular weight excluding hydrogens is 831 g/mol. The molecular formula is C42H57Cl3O9SiTi. The first-order chi connectivity index (χ1) is 25.0. The van der Waals surface area contributed by atoms with Crippen LogP contribution in [0.4, 0.5) is 0 Å². The van der Waals surface area contributed by atoms with Crippen molar-refractivity contribution in [2.24, 2.45) is 0 Å². The SMILES string of the molecule is COc1c(C)c(OC)c(OC)c([Si](c2c(C)c(OC)c(C)c(OC)c2OC)(c2c(C)c(OC)c(C)c(OC)c2OC)[C]2([Ti+3])C(C)=C(C)C(C)=C2C)c1C.[Cl-].[Cl-].[Cl-]. The van der Waals surface area contributed by atoms with Crippen molar-refractivity contribution in [2.45, 2.75) is 72.6 Å². The first-order valence-corrected chi connectivity index (χ1v) is 20.3. The second kappa shape index (κ2) is 19.3. The van der Waals surface area contributed by atoms with E-state index in [1.165, 1.54) is 22.3 Å². The third-order valence-electron chi connectivity index (χ3n) is 11.8.